The van der Waals surface area contributed by atoms with E-state index >= 15 is 0 Å². The van der Waals surface area contributed by atoms with Crippen LogP contribution in [0.4, 0.5) is 0 Å². The van der Waals surface area contributed by atoms with E-state index in [2.05, 4.69) is 10.5 Å². The fraction of sp³-hybridized carbons (Fsp3) is 0.125. The summed E-state index contributed by atoms with van der Waals surface area (Å²) in [4.78, 5) is 22.8. The molecule has 0 unspecified atom stereocenters. The largest absolute Gasteiger partial charge is 0.493 e. The highest BCUT2D eigenvalue weighted by atomic mass is 35.5. The van der Waals surface area contributed by atoms with Gasteiger partial charge in [-0.2, -0.15) is 5.10 Å². The number of amides is 1. The molecule has 0 bridgehead atoms. The highest BCUT2D eigenvalue weighted by molar-refractivity contribution is 6.30. The maximum absolute atomic E-state index is 11.9. The Morgan fingerprint density at radius 1 is 1.00 bits per heavy atom. The molecule has 0 aliphatic rings. The Kier molecular flexibility index (Phi) is 8.26. The molecule has 2 N–H and O–H groups in total. The van der Waals surface area contributed by atoms with Crippen molar-refractivity contribution < 1.29 is 28.9 Å². The van der Waals surface area contributed by atoms with Crippen LogP contribution in [0, 0.1) is 0 Å². The first-order valence-electron chi connectivity index (χ1n) is 9.78. The SMILES string of the molecule is COc1cc(/C=N\NC(=O)COc2ccc(Cl)cc2)ccc1OCc1ccc(C(=O)O)cc1. The average molecular weight is 469 g/mol. The lowest BCUT2D eigenvalue weighted by Gasteiger charge is -2.11. The molecular weight excluding hydrogens is 448 g/mol. The Balaban J connectivity index is 1.51. The molecule has 0 spiro atoms. The van der Waals surface area contributed by atoms with Crippen LogP contribution in [0.15, 0.2) is 71.8 Å². The molecule has 0 aliphatic carbocycles. The van der Waals surface area contributed by atoms with Crippen molar-refractivity contribution in [1.29, 1.82) is 0 Å². The predicted molar refractivity (Wildman–Crippen MR) is 123 cm³/mol. The number of carboxylic acid groups (broad SMARTS) is 1. The smallest absolute Gasteiger partial charge is 0.335 e. The van der Waals surface area contributed by atoms with Crippen LogP contribution in [0.2, 0.25) is 5.02 Å². The molecule has 0 atom stereocenters. The van der Waals surface area contributed by atoms with Gasteiger partial charge < -0.3 is 19.3 Å². The highest BCUT2D eigenvalue weighted by Gasteiger charge is 2.07. The molecule has 0 fully saturated rings. The summed E-state index contributed by atoms with van der Waals surface area (Å²) in [6.07, 6.45) is 1.47. The number of nitrogens with zero attached hydrogens (tertiary/aromatic N) is 1. The monoisotopic (exact) mass is 468 g/mol. The van der Waals surface area contributed by atoms with Gasteiger partial charge in [0, 0.05) is 5.02 Å². The van der Waals surface area contributed by atoms with Gasteiger partial charge in [0.05, 0.1) is 18.9 Å². The second-order valence-electron chi connectivity index (χ2n) is 6.74. The first kappa shape index (κ1) is 23.6. The number of hydrogen-bond acceptors (Lipinski definition) is 6. The minimum atomic E-state index is -0.980. The second kappa shape index (κ2) is 11.5. The number of hydrazone groups is 1. The zero-order valence-electron chi connectivity index (χ0n) is 17.7. The summed E-state index contributed by atoms with van der Waals surface area (Å²) in [6.45, 7) is 0.0515. The molecule has 0 aromatic heterocycles. The number of carboxylic acids is 1. The van der Waals surface area contributed by atoms with E-state index in [1.807, 2.05) is 0 Å². The van der Waals surface area contributed by atoms with Crippen molar-refractivity contribution >= 4 is 29.7 Å². The number of aromatic carboxylic acids is 1. The van der Waals surface area contributed by atoms with Gasteiger partial charge in [0.1, 0.15) is 12.4 Å². The third-order valence-electron chi connectivity index (χ3n) is 4.37. The Bertz CT molecular complexity index is 1130. The summed E-state index contributed by atoms with van der Waals surface area (Å²) < 4.78 is 16.5. The standard InChI is InChI=1S/C24H21ClN2O6/c1-31-22-12-17(13-26-27-23(28)15-32-20-9-7-19(25)8-10-20)4-11-21(22)33-14-16-2-5-18(6-3-16)24(29)30/h2-13H,14-15H2,1H3,(H,27,28)(H,29,30)/b26-13-. The number of nitrogens with one attached hydrogen (secondary N) is 1. The van der Waals surface area contributed by atoms with Gasteiger partial charge in [-0.25, -0.2) is 10.2 Å². The summed E-state index contributed by atoms with van der Waals surface area (Å²) >= 11 is 5.80. The summed E-state index contributed by atoms with van der Waals surface area (Å²) in [7, 11) is 1.51. The zero-order valence-corrected chi connectivity index (χ0v) is 18.4. The van der Waals surface area contributed by atoms with E-state index < -0.39 is 11.9 Å². The number of benzene rings is 3. The van der Waals surface area contributed by atoms with E-state index in [0.717, 1.165) is 5.56 Å². The molecule has 8 nitrogen and oxygen atoms in total. The lowest BCUT2D eigenvalue weighted by Crippen LogP contribution is -2.24. The minimum absolute atomic E-state index is 0.192. The number of carbonyl (C=O) groups excluding carboxylic acids is 1. The molecule has 3 rings (SSSR count). The van der Waals surface area contributed by atoms with Crippen LogP contribution in [-0.2, 0) is 11.4 Å². The first-order valence-corrected chi connectivity index (χ1v) is 10.2. The van der Waals surface area contributed by atoms with Gasteiger partial charge in [-0.1, -0.05) is 23.7 Å². The molecule has 0 saturated heterocycles. The van der Waals surface area contributed by atoms with Gasteiger partial charge in [-0.05, 0) is 65.7 Å². The summed E-state index contributed by atoms with van der Waals surface area (Å²) in [5.74, 6) is 0.126. The molecule has 0 saturated carbocycles. The highest BCUT2D eigenvalue weighted by Crippen LogP contribution is 2.28. The molecule has 3 aromatic rings. The number of ether oxygens (including phenoxy) is 3. The molecule has 3 aromatic carbocycles. The zero-order chi connectivity index (χ0) is 23.6. The van der Waals surface area contributed by atoms with Crippen molar-refractivity contribution in [2.75, 3.05) is 13.7 Å². The van der Waals surface area contributed by atoms with Crippen molar-refractivity contribution in [2.45, 2.75) is 6.61 Å². The molecule has 33 heavy (non-hydrogen) atoms. The fourth-order valence-corrected chi connectivity index (χ4v) is 2.81. The maximum Gasteiger partial charge on any atom is 0.335 e. The van der Waals surface area contributed by atoms with Crippen LogP contribution in [-0.4, -0.2) is 36.9 Å². The lowest BCUT2D eigenvalue weighted by atomic mass is 10.1. The molecule has 0 radical (unpaired) electrons. The quantitative estimate of drug-likeness (QED) is 0.342. The molecule has 1 amide bonds. The Morgan fingerprint density at radius 2 is 1.73 bits per heavy atom. The number of carbonyl (C=O) groups is 2. The van der Waals surface area contributed by atoms with Crippen LogP contribution in [0.3, 0.4) is 0 Å². The van der Waals surface area contributed by atoms with E-state index in [4.69, 9.17) is 30.9 Å². The van der Waals surface area contributed by atoms with E-state index in [9.17, 15) is 9.59 Å². The average Bonchev–Trinajstić information content (AvgIpc) is 2.83. The van der Waals surface area contributed by atoms with Crippen molar-refractivity contribution in [2.24, 2.45) is 5.10 Å². The Hall–Kier alpha value is -4.04. The van der Waals surface area contributed by atoms with Gasteiger partial charge in [0.2, 0.25) is 0 Å². The fourth-order valence-electron chi connectivity index (χ4n) is 2.68. The Morgan fingerprint density at radius 3 is 2.39 bits per heavy atom. The summed E-state index contributed by atoms with van der Waals surface area (Å²) in [6, 6.07) is 18.3. The van der Waals surface area contributed by atoms with Crippen LogP contribution >= 0.6 is 11.6 Å². The molecule has 170 valence electrons. The van der Waals surface area contributed by atoms with Gasteiger partial charge in [0.15, 0.2) is 18.1 Å². The molecule has 9 heteroatoms. The second-order valence-corrected chi connectivity index (χ2v) is 7.17. The number of hydrogen-bond donors (Lipinski definition) is 2. The number of rotatable bonds is 10. The topological polar surface area (TPSA) is 106 Å². The van der Waals surface area contributed by atoms with Gasteiger partial charge >= 0.3 is 5.97 Å². The van der Waals surface area contributed by atoms with E-state index in [0.29, 0.717) is 27.8 Å². The third kappa shape index (κ3) is 7.26. The first-order chi connectivity index (χ1) is 15.9. The molecule has 0 heterocycles. The van der Waals surface area contributed by atoms with Gasteiger partial charge in [-0.3, -0.25) is 4.79 Å². The maximum atomic E-state index is 11.9. The Labute approximate surface area is 195 Å². The van der Waals surface area contributed by atoms with Crippen LogP contribution in [0.5, 0.6) is 17.2 Å². The molecular formula is C24H21ClN2O6. The van der Waals surface area contributed by atoms with Crippen molar-refractivity contribution in [1.82, 2.24) is 5.43 Å². The predicted octanol–water partition coefficient (Wildman–Crippen LogP) is 4.15. The van der Waals surface area contributed by atoms with E-state index in [-0.39, 0.29) is 18.8 Å². The van der Waals surface area contributed by atoms with E-state index in [1.54, 1.807) is 54.6 Å². The van der Waals surface area contributed by atoms with Crippen LogP contribution in [0.25, 0.3) is 0 Å². The minimum Gasteiger partial charge on any atom is -0.493 e. The van der Waals surface area contributed by atoms with E-state index in [1.165, 1.54) is 25.5 Å². The summed E-state index contributed by atoms with van der Waals surface area (Å²) in [5.41, 5.74) is 4.10. The number of halogens is 1. The number of methoxy groups -OCH3 is 1. The lowest BCUT2D eigenvalue weighted by molar-refractivity contribution is -0.123. The van der Waals surface area contributed by atoms with Crippen molar-refractivity contribution in [3.05, 3.63) is 88.4 Å². The van der Waals surface area contributed by atoms with Crippen LogP contribution < -0.4 is 19.6 Å². The third-order valence-corrected chi connectivity index (χ3v) is 4.62. The molecule has 0 aliphatic heterocycles. The van der Waals surface area contributed by atoms with Gasteiger partial charge in [0.25, 0.3) is 5.91 Å². The summed E-state index contributed by atoms with van der Waals surface area (Å²) in [5, 5.41) is 13.5. The normalized spacial score (nSPS) is 10.6. The van der Waals surface area contributed by atoms with Crippen molar-refractivity contribution in [3.8, 4) is 17.2 Å². The van der Waals surface area contributed by atoms with Gasteiger partial charge in [-0.15, -0.1) is 0 Å². The van der Waals surface area contributed by atoms with Crippen LogP contribution in [0.1, 0.15) is 21.5 Å². The van der Waals surface area contributed by atoms with Crippen molar-refractivity contribution in [3.63, 3.8) is 0 Å².